The second-order valence-electron chi connectivity index (χ2n) is 10.2. The molecule has 1 aliphatic rings. The van der Waals surface area contributed by atoms with Crippen LogP contribution in [0.25, 0.3) is 6.08 Å². The molecular formula is C32H46O. The summed E-state index contributed by atoms with van der Waals surface area (Å²) in [6, 6.07) is 18.1. The Hall–Kier alpha value is -1.86. The lowest BCUT2D eigenvalue weighted by molar-refractivity contribution is 0.117. The summed E-state index contributed by atoms with van der Waals surface area (Å²) in [5, 5.41) is 0. The van der Waals surface area contributed by atoms with Gasteiger partial charge in [-0.15, -0.1) is 0 Å². The summed E-state index contributed by atoms with van der Waals surface area (Å²) in [5.74, 6) is 1.91. The fraction of sp³-hybridized carbons (Fsp3) is 0.562. The fourth-order valence-electron chi connectivity index (χ4n) is 5.21. The highest BCUT2D eigenvalue weighted by molar-refractivity contribution is 5.47. The zero-order chi connectivity index (χ0) is 23.1. The molecular weight excluding hydrogens is 400 g/mol. The number of benzene rings is 2. The molecule has 0 radical (unpaired) electrons. The largest absolute Gasteiger partial charge is 0.377 e. The smallest absolute Gasteiger partial charge is 0.0716 e. The van der Waals surface area contributed by atoms with Gasteiger partial charge in [0, 0.05) is 6.61 Å². The molecule has 0 saturated heterocycles. The average molecular weight is 447 g/mol. The highest BCUT2D eigenvalue weighted by Crippen LogP contribution is 2.34. The standard InChI is InChI=1S/C32H46O/c1-3-5-8-25-33-26-32-23-21-31(22-24-32)20-19-30-17-15-29(16-18-30)10-7-6-9-28-13-11-27(4-2)12-14-28/h4,11-14,21-24,29-30H,2-3,5-10,15-20,25-26H2,1H3. The molecule has 2 aromatic rings. The molecule has 0 aromatic heterocycles. The molecule has 0 atom stereocenters. The SMILES string of the molecule is C=Cc1ccc(CCCCC2CCC(CCc3ccc(COCCCCC)cc3)CC2)cc1. The van der Waals surface area contributed by atoms with Crippen molar-refractivity contribution in [3.63, 3.8) is 0 Å². The Labute approximate surface area is 203 Å². The summed E-state index contributed by atoms with van der Waals surface area (Å²) in [6.07, 6.45) is 19.4. The van der Waals surface area contributed by atoms with Crippen LogP contribution in [0.15, 0.2) is 55.1 Å². The molecule has 0 N–H and O–H groups in total. The van der Waals surface area contributed by atoms with Crippen LogP contribution in [0.1, 0.15) is 99.8 Å². The summed E-state index contributed by atoms with van der Waals surface area (Å²) in [4.78, 5) is 0. The summed E-state index contributed by atoms with van der Waals surface area (Å²) in [7, 11) is 0. The van der Waals surface area contributed by atoms with Gasteiger partial charge in [0.2, 0.25) is 0 Å². The van der Waals surface area contributed by atoms with Crippen LogP contribution in [0.5, 0.6) is 0 Å². The minimum Gasteiger partial charge on any atom is -0.377 e. The third-order valence-electron chi connectivity index (χ3n) is 7.53. The first-order valence-electron chi connectivity index (χ1n) is 13.6. The van der Waals surface area contributed by atoms with Crippen molar-refractivity contribution in [1.29, 1.82) is 0 Å². The summed E-state index contributed by atoms with van der Waals surface area (Å²) < 4.78 is 5.79. The van der Waals surface area contributed by atoms with Gasteiger partial charge in [-0.2, -0.15) is 0 Å². The molecule has 1 saturated carbocycles. The van der Waals surface area contributed by atoms with E-state index in [0.29, 0.717) is 0 Å². The first-order valence-corrected chi connectivity index (χ1v) is 13.6. The number of ether oxygens (including phenoxy) is 1. The Bertz CT molecular complexity index is 765. The van der Waals surface area contributed by atoms with E-state index in [2.05, 4.69) is 62.0 Å². The Balaban J connectivity index is 1.24. The van der Waals surface area contributed by atoms with E-state index in [9.17, 15) is 0 Å². The van der Waals surface area contributed by atoms with Gasteiger partial charge >= 0.3 is 0 Å². The van der Waals surface area contributed by atoms with Gasteiger partial charge in [-0.1, -0.05) is 119 Å². The van der Waals surface area contributed by atoms with Crippen molar-refractivity contribution in [3.8, 4) is 0 Å². The molecule has 1 nitrogen and oxygen atoms in total. The van der Waals surface area contributed by atoms with E-state index in [1.54, 1.807) is 0 Å². The molecule has 0 spiro atoms. The molecule has 0 bridgehead atoms. The normalized spacial score (nSPS) is 18.3. The van der Waals surface area contributed by atoms with E-state index in [4.69, 9.17) is 4.74 Å². The van der Waals surface area contributed by atoms with Gasteiger partial charge in [0.1, 0.15) is 0 Å². The Morgan fingerprint density at radius 1 is 0.727 bits per heavy atom. The van der Waals surface area contributed by atoms with Crippen LogP contribution < -0.4 is 0 Å². The minimum absolute atomic E-state index is 0.760. The van der Waals surface area contributed by atoms with E-state index in [0.717, 1.165) is 25.0 Å². The van der Waals surface area contributed by atoms with Crippen molar-refractivity contribution in [3.05, 3.63) is 77.4 Å². The van der Waals surface area contributed by atoms with Crippen molar-refractivity contribution in [2.75, 3.05) is 6.61 Å². The van der Waals surface area contributed by atoms with Gasteiger partial charge in [0.05, 0.1) is 6.61 Å². The summed E-state index contributed by atoms with van der Waals surface area (Å²) in [6.45, 7) is 7.72. The van der Waals surface area contributed by atoms with E-state index in [1.807, 2.05) is 6.08 Å². The highest BCUT2D eigenvalue weighted by Gasteiger charge is 2.20. The molecule has 3 rings (SSSR count). The van der Waals surface area contributed by atoms with E-state index in [-0.39, 0.29) is 0 Å². The minimum atomic E-state index is 0.760. The van der Waals surface area contributed by atoms with Gasteiger partial charge in [-0.3, -0.25) is 0 Å². The molecule has 0 aliphatic heterocycles. The highest BCUT2D eigenvalue weighted by atomic mass is 16.5. The Morgan fingerprint density at radius 2 is 1.33 bits per heavy atom. The van der Waals surface area contributed by atoms with Crippen molar-refractivity contribution in [2.24, 2.45) is 11.8 Å². The maximum absolute atomic E-state index is 5.79. The molecule has 1 aliphatic carbocycles. The predicted molar refractivity (Wildman–Crippen MR) is 143 cm³/mol. The molecule has 0 unspecified atom stereocenters. The zero-order valence-corrected chi connectivity index (χ0v) is 21.1. The lowest BCUT2D eigenvalue weighted by Gasteiger charge is -2.28. The van der Waals surface area contributed by atoms with Crippen molar-refractivity contribution >= 4 is 6.08 Å². The van der Waals surface area contributed by atoms with Gasteiger partial charge in [0.15, 0.2) is 0 Å². The van der Waals surface area contributed by atoms with Crippen molar-refractivity contribution in [2.45, 2.75) is 97.0 Å². The van der Waals surface area contributed by atoms with E-state index < -0.39 is 0 Å². The quantitative estimate of drug-likeness (QED) is 0.248. The second-order valence-corrected chi connectivity index (χ2v) is 10.2. The van der Waals surface area contributed by atoms with Crippen LogP contribution in [0, 0.1) is 11.8 Å². The summed E-state index contributed by atoms with van der Waals surface area (Å²) in [5.41, 5.74) is 5.49. The van der Waals surface area contributed by atoms with Gasteiger partial charge < -0.3 is 4.74 Å². The van der Waals surface area contributed by atoms with Crippen LogP contribution in [-0.2, 0) is 24.2 Å². The van der Waals surface area contributed by atoms with Crippen LogP contribution >= 0.6 is 0 Å². The molecule has 0 amide bonds. The van der Waals surface area contributed by atoms with Crippen molar-refractivity contribution < 1.29 is 4.74 Å². The maximum atomic E-state index is 5.79. The molecule has 33 heavy (non-hydrogen) atoms. The Kier molecular flexibility index (Phi) is 11.8. The fourth-order valence-corrected chi connectivity index (χ4v) is 5.21. The number of aryl methyl sites for hydroxylation is 2. The lowest BCUT2D eigenvalue weighted by Crippen LogP contribution is -2.15. The maximum Gasteiger partial charge on any atom is 0.0716 e. The Morgan fingerprint density at radius 3 is 2.00 bits per heavy atom. The van der Waals surface area contributed by atoms with Crippen molar-refractivity contribution in [1.82, 2.24) is 0 Å². The molecule has 2 aromatic carbocycles. The zero-order valence-electron chi connectivity index (χ0n) is 21.1. The third-order valence-corrected chi connectivity index (χ3v) is 7.53. The lowest BCUT2D eigenvalue weighted by atomic mass is 9.77. The number of unbranched alkanes of at least 4 members (excludes halogenated alkanes) is 3. The first-order chi connectivity index (χ1) is 16.3. The third kappa shape index (κ3) is 9.88. The van der Waals surface area contributed by atoms with E-state index >= 15 is 0 Å². The van der Waals surface area contributed by atoms with Gasteiger partial charge in [0.25, 0.3) is 0 Å². The van der Waals surface area contributed by atoms with Crippen LogP contribution in [0.4, 0.5) is 0 Å². The van der Waals surface area contributed by atoms with Crippen LogP contribution in [0.3, 0.4) is 0 Å². The second kappa shape index (κ2) is 15.1. The van der Waals surface area contributed by atoms with Gasteiger partial charge in [-0.05, 0) is 66.2 Å². The monoisotopic (exact) mass is 446 g/mol. The molecule has 1 heteroatoms. The number of rotatable bonds is 15. The van der Waals surface area contributed by atoms with Crippen LogP contribution in [0.2, 0.25) is 0 Å². The molecule has 0 heterocycles. The average Bonchev–Trinajstić information content (AvgIpc) is 2.87. The van der Waals surface area contributed by atoms with E-state index in [1.165, 1.54) is 106 Å². The topological polar surface area (TPSA) is 9.23 Å². The first kappa shape index (κ1) is 25.8. The van der Waals surface area contributed by atoms with Gasteiger partial charge in [-0.25, -0.2) is 0 Å². The predicted octanol–water partition coefficient (Wildman–Crippen LogP) is 9.19. The summed E-state index contributed by atoms with van der Waals surface area (Å²) >= 11 is 0. The molecule has 180 valence electrons. The molecule has 1 fully saturated rings. The number of hydrogen-bond acceptors (Lipinski definition) is 1. The number of hydrogen-bond donors (Lipinski definition) is 0. The van der Waals surface area contributed by atoms with Crippen LogP contribution in [-0.4, -0.2) is 6.61 Å².